The van der Waals surface area contributed by atoms with E-state index in [4.69, 9.17) is 0 Å². The van der Waals surface area contributed by atoms with Crippen molar-refractivity contribution in [3.05, 3.63) is 95.3 Å². The fourth-order valence-corrected chi connectivity index (χ4v) is 3.13. The second-order valence-corrected chi connectivity index (χ2v) is 7.00. The third kappa shape index (κ3) is 3.91. The number of nitrogens with zero attached hydrogens (tertiary/aromatic N) is 3. The molecule has 3 heterocycles. The molecular weight excluding hydrogens is 378 g/mol. The van der Waals surface area contributed by atoms with Crippen molar-refractivity contribution < 1.29 is 9.59 Å². The zero-order valence-corrected chi connectivity index (χ0v) is 16.7. The van der Waals surface area contributed by atoms with Crippen LogP contribution in [0.2, 0.25) is 0 Å². The molecule has 4 aromatic rings. The molecule has 4 rings (SSSR count). The van der Waals surface area contributed by atoms with Gasteiger partial charge in [-0.25, -0.2) is 4.98 Å². The molecule has 0 saturated heterocycles. The normalized spacial score (nSPS) is 10.7. The number of amides is 2. The number of fused-ring (bicyclic) bond motifs is 1. The van der Waals surface area contributed by atoms with Crippen LogP contribution in [-0.4, -0.2) is 26.2 Å². The first-order valence-corrected chi connectivity index (χ1v) is 9.57. The Hall–Kier alpha value is -4.00. The first-order chi connectivity index (χ1) is 14.5. The standard InChI is InChI=1S/C23H21N5O2/c1-15-9-10-17(13-16(15)2)26-22(29)20-19-8-4-6-12-28(19)21(27-20)23(30)25-14-18-7-3-5-11-24-18/h3-13H,14H2,1-2H3,(H,25,30)(H,26,29). The molecule has 150 valence electrons. The van der Waals surface area contributed by atoms with Gasteiger partial charge in [0.25, 0.3) is 11.8 Å². The zero-order chi connectivity index (χ0) is 21.1. The van der Waals surface area contributed by atoms with Crippen molar-refractivity contribution in [3.8, 4) is 0 Å². The van der Waals surface area contributed by atoms with Crippen molar-refractivity contribution in [2.24, 2.45) is 0 Å². The van der Waals surface area contributed by atoms with Gasteiger partial charge in [0.1, 0.15) is 0 Å². The molecule has 7 heteroatoms. The number of aryl methyl sites for hydroxylation is 2. The molecule has 2 N–H and O–H groups in total. The van der Waals surface area contributed by atoms with Crippen LogP contribution >= 0.6 is 0 Å². The summed E-state index contributed by atoms with van der Waals surface area (Å²) >= 11 is 0. The van der Waals surface area contributed by atoms with Crippen molar-refractivity contribution in [3.63, 3.8) is 0 Å². The molecule has 0 aliphatic carbocycles. The minimum atomic E-state index is -0.382. The van der Waals surface area contributed by atoms with Gasteiger partial charge in [0.15, 0.2) is 5.69 Å². The van der Waals surface area contributed by atoms with Crippen molar-refractivity contribution in [2.45, 2.75) is 20.4 Å². The highest BCUT2D eigenvalue weighted by Gasteiger charge is 2.21. The Balaban J connectivity index is 1.60. The third-order valence-electron chi connectivity index (χ3n) is 4.89. The van der Waals surface area contributed by atoms with Gasteiger partial charge < -0.3 is 10.6 Å². The lowest BCUT2D eigenvalue weighted by molar-refractivity contribution is 0.0939. The van der Waals surface area contributed by atoms with Gasteiger partial charge in [0.05, 0.1) is 17.8 Å². The van der Waals surface area contributed by atoms with Crippen LogP contribution in [0.3, 0.4) is 0 Å². The summed E-state index contributed by atoms with van der Waals surface area (Å²) in [4.78, 5) is 34.2. The molecule has 7 nitrogen and oxygen atoms in total. The van der Waals surface area contributed by atoms with E-state index in [-0.39, 0.29) is 29.9 Å². The lowest BCUT2D eigenvalue weighted by atomic mass is 10.1. The number of carbonyl (C=O) groups is 2. The number of carbonyl (C=O) groups excluding carboxylic acids is 2. The zero-order valence-electron chi connectivity index (χ0n) is 16.7. The maximum Gasteiger partial charge on any atom is 0.288 e. The summed E-state index contributed by atoms with van der Waals surface area (Å²) in [5, 5.41) is 5.68. The SMILES string of the molecule is Cc1ccc(NC(=O)c2nc(C(=O)NCc3ccccn3)n3ccccc23)cc1C. The average Bonchev–Trinajstić information content (AvgIpc) is 3.15. The van der Waals surface area contributed by atoms with Crippen molar-refractivity contribution in [2.75, 3.05) is 5.32 Å². The van der Waals surface area contributed by atoms with Crippen molar-refractivity contribution in [1.82, 2.24) is 19.7 Å². The molecule has 0 unspecified atom stereocenters. The van der Waals surface area contributed by atoms with E-state index in [0.717, 1.165) is 16.8 Å². The van der Waals surface area contributed by atoms with Crippen LogP contribution in [0.1, 0.15) is 37.9 Å². The maximum atomic E-state index is 12.9. The number of nitrogens with one attached hydrogen (secondary N) is 2. The third-order valence-corrected chi connectivity index (χ3v) is 4.89. The molecule has 0 saturated carbocycles. The second-order valence-electron chi connectivity index (χ2n) is 7.00. The van der Waals surface area contributed by atoms with Gasteiger partial charge in [-0.15, -0.1) is 0 Å². The fourth-order valence-electron chi connectivity index (χ4n) is 3.13. The van der Waals surface area contributed by atoms with Gasteiger partial charge in [-0.1, -0.05) is 18.2 Å². The highest BCUT2D eigenvalue weighted by molar-refractivity contribution is 6.09. The monoisotopic (exact) mass is 399 g/mol. The van der Waals surface area contributed by atoms with Crippen LogP contribution in [0.15, 0.2) is 67.0 Å². The first-order valence-electron chi connectivity index (χ1n) is 9.57. The summed E-state index contributed by atoms with van der Waals surface area (Å²) in [6, 6.07) is 16.6. The van der Waals surface area contributed by atoms with E-state index in [9.17, 15) is 9.59 Å². The molecule has 0 bridgehead atoms. The first kappa shape index (κ1) is 19.3. The number of hydrogen-bond acceptors (Lipinski definition) is 4. The predicted octanol–water partition coefficient (Wildman–Crippen LogP) is 3.53. The Morgan fingerprint density at radius 3 is 2.57 bits per heavy atom. The van der Waals surface area contributed by atoms with Gasteiger partial charge >= 0.3 is 0 Å². The summed E-state index contributed by atoms with van der Waals surface area (Å²) in [6.45, 7) is 4.27. The van der Waals surface area contributed by atoms with Crippen LogP contribution in [-0.2, 0) is 6.54 Å². The van der Waals surface area contributed by atoms with Crippen LogP contribution in [0.4, 0.5) is 5.69 Å². The van der Waals surface area contributed by atoms with E-state index >= 15 is 0 Å². The smallest absolute Gasteiger partial charge is 0.288 e. The Labute approximate surface area is 173 Å². The molecule has 30 heavy (non-hydrogen) atoms. The number of imidazole rings is 1. The molecule has 0 aliphatic rings. The number of hydrogen-bond donors (Lipinski definition) is 2. The van der Waals surface area contributed by atoms with Crippen LogP contribution in [0, 0.1) is 13.8 Å². The number of aromatic nitrogens is 3. The molecule has 0 radical (unpaired) electrons. The van der Waals surface area contributed by atoms with E-state index in [1.54, 1.807) is 35.0 Å². The highest BCUT2D eigenvalue weighted by Crippen LogP contribution is 2.18. The van der Waals surface area contributed by atoms with Gasteiger partial charge in [-0.3, -0.25) is 19.0 Å². The highest BCUT2D eigenvalue weighted by atomic mass is 16.2. The largest absolute Gasteiger partial charge is 0.344 e. The van der Waals surface area contributed by atoms with E-state index in [1.807, 2.05) is 50.2 Å². The van der Waals surface area contributed by atoms with E-state index in [1.165, 1.54) is 0 Å². The van der Waals surface area contributed by atoms with Gasteiger partial charge in [-0.2, -0.15) is 0 Å². The lowest BCUT2D eigenvalue weighted by Crippen LogP contribution is -2.25. The van der Waals surface area contributed by atoms with Crippen molar-refractivity contribution >= 4 is 23.0 Å². The number of rotatable bonds is 5. The molecule has 2 amide bonds. The number of benzene rings is 1. The van der Waals surface area contributed by atoms with E-state index in [0.29, 0.717) is 11.2 Å². The van der Waals surface area contributed by atoms with E-state index in [2.05, 4.69) is 20.6 Å². The Bertz CT molecular complexity index is 1230. The Kier molecular flexibility index (Phi) is 5.26. The molecular formula is C23H21N5O2. The average molecular weight is 399 g/mol. The molecule has 0 fully saturated rings. The molecule has 0 aliphatic heterocycles. The summed E-state index contributed by atoms with van der Waals surface area (Å²) < 4.78 is 1.61. The Morgan fingerprint density at radius 2 is 1.80 bits per heavy atom. The molecule has 1 aromatic carbocycles. The summed E-state index contributed by atoms with van der Waals surface area (Å²) in [5.41, 5.74) is 4.39. The van der Waals surface area contributed by atoms with Crippen LogP contribution < -0.4 is 10.6 Å². The summed E-state index contributed by atoms with van der Waals surface area (Å²) in [6.07, 6.45) is 3.38. The molecule has 0 spiro atoms. The van der Waals surface area contributed by atoms with Gasteiger partial charge in [0, 0.05) is 18.1 Å². The van der Waals surface area contributed by atoms with Gasteiger partial charge in [0.2, 0.25) is 5.82 Å². The second kappa shape index (κ2) is 8.16. The minimum Gasteiger partial charge on any atom is -0.344 e. The number of pyridine rings is 2. The molecule has 3 aromatic heterocycles. The fraction of sp³-hybridized carbons (Fsp3) is 0.130. The predicted molar refractivity (Wildman–Crippen MR) is 114 cm³/mol. The molecule has 0 atom stereocenters. The van der Waals surface area contributed by atoms with Gasteiger partial charge in [-0.05, 0) is 61.4 Å². The number of anilines is 1. The Morgan fingerprint density at radius 1 is 0.967 bits per heavy atom. The quantitative estimate of drug-likeness (QED) is 0.537. The van der Waals surface area contributed by atoms with Crippen LogP contribution in [0.5, 0.6) is 0 Å². The maximum absolute atomic E-state index is 12.9. The summed E-state index contributed by atoms with van der Waals surface area (Å²) in [7, 11) is 0. The van der Waals surface area contributed by atoms with E-state index < -0.39 is 0 Å². The summed E-state index contributed by atoms with van der Waals surface area (Å²) in [5.74, 6) is -0.607. The lowest BCUT2D eigenvalue weighted by Gasteiger charge is -2.06. The minimum absolute atomic E-state index is 0.145. The van der Waals surface area contributed by atoms with Crippen LogP contribution in [0.25, 0.3) is 5.52 Å². The topological polar surface area (TPSA) is 88.4 Å². The van der Waals surface area contributed by atoms with Crippen molar-refractivity contribution in [1.29, 1.82) is 0 Å².